The first-order chi connectivity index (χ1) is 9.02. The van der Waals surface area contributed by atoms with Crippen molar-refractivity contribution in [1.29, 1.82) is 0 Å². The second kappa shape index (κ2) is 5.82. The number of imidazole rings is 1. The third-order valence-corrected chi connectivity index (χ3v) is 3.39. The predicted octanol–water partition coefficient (Wildman–Crippen LogP) is 3.77. The molecule has 0 N–H and O–H groups in total. The first kappa shape index (κ1) is 14.2. The highest BCUT2D eigenvalue weighted by Gasteiger charge is 2.12. The maximum absolute atomic E-state index is 11.0. The molecule has 100 valence electrons. The number of aldehydes is 1. The van der Waals surface area contributed by atoms with Gasteiger partial charge in [0.2, 0.25) is 0 Å². The number of carbonyl (C=O) groups excluding carboxylic acids is 1. The van der Waals surface area contributed by atoms with Gasteiger partial charge in [0, 0.05) is 12.1 Å². The Labute approximate surface area is 124 Å². The van der Waals surface area contributed by atoms with E-state index in [0.717, 1.165) is 0 Å². The van der Waals surface area contributed by atoms with Crippen molar-refractivity contribution < 1.29 is 9.53 Å². The van der Waals surface area contributed by atoms with E-state index in [1.165, 1.54) is 18.3 Å². The average Bonchev–Trinajstić information content (AvgIpc) is 2.68. The molecule has 0 fully saturated rings. The van der Waals surface area contributed by atoms with Crippen LogP contribution in [-0.4, -0.2) is 15.8 Å². The molecule has 0 bridgehead atoms. The average molecular weight is 320 g/mol. The zero-order chi connectivity index (χ0) is 14.0. The number of aromatic nitrogens is 2. The van der Waals surface area contributed by atoms with Gasteiger partial charge >= 0.3 is 0 Å². The molecule has 0 unspecified atom stereocenters. The fraction of sp³-hybridized carbons (Fsp3) is 0.167. The summed E-state index contributed by atoms with van der Waals surface area (Å²) >= 11 is 17.7. The number of nitrogens with zero attached hydrogens (tertiary/aromatic N) is 2. The van der Waals surface area contributed by atoms with Crippen LogP contribution in [0.2, 0.25) is 15.2 Å². The summed E-state index contributed by atoms with van der Waals surface area (Å²) in [6.07, 6.45) is 2.16. The van der Waals surface area contributed by atoms with Crippen LogP contribution in [0.3, 0.4) is 0 Å². The molecule has 4 nitrogen and oxygen atoms in total. The zero-order valence-corrected chi connectivity index (χ0v) is 12.1. The van der Waals surface area contributed by atoms with E-state index in [2.05, 4.69) is 4.98 Å². The largest absolute Gasteiger partial charge is 0.483 e. The van der Waals surface area contributed by atoms with Crippen molar-refractivity contribution in [3.05, 3.63) is 44.9 Å². The van der Waals surface area contributed by atoms with Crippen molar-refractivity contribution in [2.24, 2.45) is 7.05 Å². The van der Waals surface area contributed by atoms with Crippen LogP contribution < -0.4 is 4.74 Å². The van der Waals surface area contributed by atoms with Gasteiger partial charge in [0.1, 0.15) is 23.3 Å². The molecule has 0 spiro atoms. The Morgan fingerprint density at radius 2 is 2.11 bits per heavy atom. The van der Waals surface area contributed by atoms with Gasteiger partial charge < -0.3 is 9.30 Å². The Morgan fingerprint density at radius 3 is 2.68 bits per heavy atom. The van der Waals surface area contributed by atoms with E-state index in [1.807, 2.05) is 0 Å². The highest BCUT2D eigenvalue weighted by atomic mass is 35.5. The van der Waals surface area contributed by atoms with Gasteiger partial charge in [0.25, 0.3) is 0 Å². The Bertz CT molecular complexity index is 626. The predicted molar refractivity (Wildman–Crippen MR) is 74.4 cm³/mol. The van der Waals surface area contributed by atoms with Crippen molar-refractivity contribution in [1.82, 2.24) is 9.55 Å². The fourth-order valence-electron chi connectivity index (χ4n) is 1.52. The summed E-state index contributed by atoms with van der Waals surface area (Å²) in [5, 5.41) is 1.14. The molecule has 0 aliphatic heterocycles. The Balaban J connectivity index is 2.24. The van der Waals surface area contributed by atoms with E-state index in [1.54, 1.807) is 11.6 Å². The lowest BCUT2D eigenvalue weighted by atomic mass is 10.2. The van der Waals surface area contributed by atoms with Crippen LogP contribution in [0, 0.1) is 0 Å². The number of carbonyl (C=O) groups is 1. The topological polar surface area (TPSA) is 44.1 Å². The number of benzene rings is 1. The lowest BCUT2D eigenvalue weighted by molar-refractivity contribution is 0.111. The maximum Gasteiger partial charge on any atom is 0.153 e. The molecule has 0 radical (unpaired) electrons. The summed E-state index contributed by atoms with van der Waals surface area (Å²) in [7, 11) is 1.76. The van der Waals surface area contributed by atoms with Crippen LogP contribution in [-0.2, 0) is 13.7 Å². The molecule has 0 amide bonds. The van der Waals surface area contributed by atoms with Gasteiger partial charge in [-0.3, -0.25) is 4.79 Å². The molecule has 0 atom stereocenters. The minimum absolute atomic E-state index is 0.144. The molecule has 1 heterocycles. The van der Waals surface area contributed by atoms with Crippen molar-refractivity contribution in [3.63, 3.8) is 0 Å². The third-order valence-electron chi connectivity index (χ3n) is 2.54. The second-order valence-corrected chi connectivity index (χ2v) is 5.00. The molecular formula is C12H9Cl3N2O2. The first-order valence-corrected chi connectivity index (χ1v) is 6.39. The van der Waals surface area contributed by atoms with Crippen molar-refractivity contribution in [3.8, 4) is 5.75 Å². The normalized spacial score (nSPS) is 10.5. The Morgan fingerprint density at radius 1 is 1.37 bits per heavy atom. The molecule has 2 rings (SSSR count). The van der Waals surface area contributed by atoms with Crippen LogP contribution in [0.5, 0.6) is 5.75 Å². The number of ether oxygens (including phenoxy) is 1. The quantitative estimate of drug-likeness (QED) is 0.806. The van der Waals surface area contributed by atoms with Crippen LogP contribution in [0.4, 0.5) is 0 Å². The molecule has 7 heteroatoms. The van der Waals surface area contributed by atoms with E-state index in [0.29, 0.717) is 22.3 Å². The van der Waals surface area contributed by atoms with E-state index < -0.39 is 0 Å². The molecule has 2 aromatic rings. The third kappa shape index (κ3) is 3.03. The van der Waals surface area contributed by atoms with Gasteiger partial charge in [0.15, 0.2) is 6.29 Å². The molecule has 0 saturated carbocycles. The SMILES string of the molecule is Cn1c(Cl)cnc1COc1c(Cl)cc(Cl)cc1C=O. The van der Waals surface area contributed by atoms with Crippen molar-refractivity contribution in [2.75, 3.05) is 0 Å². The summed E-state index contributed by atoms with van der Waals surface area (Å²) in [4.78, 5) is 15.1. The summed E-state index contributed by atoms with van der Waals surface area (Å²) in [5.41, 5.74) is 0.290. The maximum atomic E-state index is 11.0. The van der Waals surface area contributed by atoms with Gasteiger partial charge in [-0.25, -0.2) is 4.98 Å². The van der Waals surface area contributed by atoms with Gasteiger partial charge in [-0.1, -0.05) is 34.8 Å². The highest BCUT2D eigenvalue weighted by molar-refractivity contribution is 6.36. The number of hydrogen-bond donors (Lipinski definition) is 0. The van der Waals surface area contributed by atoms with Crippen molar-refractivity contribution in [2.45, 2.75) is 6.61 Å². The Kier molecular flexibility index (Phi) is 4.34. The molecule has 19 heavy (non-hydrogen) atoms. The minimum Gasteiger partial charge on any atom is -0.483 e. The number of hydrogen-bond acceptors (Lipinski definition) is 3. The van der Waals surface area contributed by atoms with Crippen LogP contribution in [0.25, 0.3) is 0 Å². The lowest BCUT2D eigenvalue weighted by Gasteiger charge is -2.10. The van der Waals surface area contributed by atoms with Crippen LogP contribution in [0.15, 0.2) is 18.3 Å². The molecule has 0 aliphatic rings. The van der Waals surface area contributed by atoms with Crippen LogP contribution >= 0.6 is 34.8 Å². The lowest BCUT2D eigenvalue weighted by Crippen LogP contribution is -2.05. The van der Waals surface area contributed by atoms with Crippen molar-refractivity contribution >= 4 is 41.1 Å². The zero-order valence-electron chi connectivity index (χ0n) is 9.86. The van der Waals surface area contributed by atoms with E-state index in [-0.39, 0.29) is 22.9 Å². The van der Waals surface area contributed by atoms with E-state index >= 15 is 0 Å². The van der Waals surface area contributed by atoms with E-state index in [9.17, 15) is 4.79 Å². The van der Waals surface area contributed by atoms with Gasteiger partial charge in [-0.15, -0.1) is 0 Å². The number of halogens is 3. The summed E-state index contributed by atoms with van der Waals surface area (Å²) in [6.45, 7) is 0.144. The highest BCUT2D eigenvalue weighted by Crippen LogP contribution is 2.32. The fourth-order valence-corrected chi connectivity index (χ4v) is 2.23. The van der Waals surface area contributed by atoms with Gasteiger partial charge in [-0.2, -0.15) is 0 Å². The standard InChI is InChI=1S/C12H9Cl3N2O2/c1-17-10(15)4-16-11(17)6-19-12-7(5-18)2-8(13)3-9(12)14/h2-5H,6H2,1H3. The van der Waals surface area contributed by atoms with E-state index in [4.69, 9.17) is 39.5 Å². The molecule has 0 saturated heterocycles. The Hall–Kier alpha value is -1.23. The molecule has 1 aromatic carbocycles. The monoisotopic (exact) mass is 318 g/mol. The van der Waals surface area contributed by atoms with Gasteiger partial charge in [0.05, 0.1) is 16.8 Å². The smallest absolute Gasteiger partial charge is 0.153 e. The molecular weight excluding hydrogens is 311 g/mol. The molecule has 0 aliphatic carbocycles. The minimum atomic E-state index is 0.144. The summed E-state index contributed by atoms with van der Waals surface area (Å²) in [5.74, 6) is 0.896. The second-order valence-electron chi connectivity index (χ2n) is 3.77. The van der Waals surface area contributed by atoms with Gasteiger partial charge in [-0.05, 0) is 12.1 Å². The summed E-state index contributed by atoms with van der Waals surface area (Å²) < 4.78 is 7.20. The number of rotatable bonds is 4. The summed E-state index contributed by atoms with van der Waals surface area (Å²) in [6, 6.07) is 3.00. The molecule has 1 aromatic heterocycles. The first-order valence-electron chi connectivity index (χ1n) is 5.26. The van der Waals surface area contributed by atoms with Crippen LogP contribution in [0.1, 0.15) is 16.2 Å².